The van der Waals surface area contributed by atoms with Gasteiger partial charge in [-0.25, -0.2) is 13.2 Å². The van der Waals surface area contributed by atoms with Crippen molar-refractivity contribution in [3.63, 3.8) is 0 Å². The molecule has 0 radical (unpaired) electrons. The van der Waals surface area contributed by atoms with Crippen molar-refractivity contribution in [2.45, 2.75) is 0 Å². The summed E-state index contributed by atoms with van der Waals surface area (Å²) in [5.41, 5.74) is 2.88. The van der Waals surface area contributed by atoms with Crippen LogP contribution in [-0.4, -0.2) is 26.6 Å². The minimum Gasteiger partial charge on any atom is -0.322 e. The summed E-state index contributed by atoms with van der Waals surface area (Å²) < 4.78 is 24.8. The molecule has 0 atom stereocenters. The number of nitrogens with one attached hydrogen (secondary N) is 4. The lowest BCUT2D eigenvalue weighted by molar-refractivity contribution is -0.111. The van der Waals surface area contributed by atoms with Crippen molar-refractivity contribution in [3.8, 4) is 0 Å². The maximum atomic E-state index is 12.2. The summed E-state index contributed by atoms with van der Waals surface area (Å²) in [4.78, 5) is 24.3. The summed E-state index contributed by atoms with van der Waals surface area (Å²) in [5, 5.41) is 8.16. The van der Waals surface area contributed by atoms with Crippen LogP contribution in [0, 0.1) is 0 Å². The number of rotatable bonds is 7. The molecule has 8 nitrogen and oxygen atoms in total. The lowest BCUT2D eigenvalue weighted by Gasteiger charge is -2.09. The quantitative estimate of drug-likeness (QED) is 0.400. The van der Waals surface area contributed by atoms with Gasteiger partial charge in [0.25, 0.3) is 0 Å². The molecule has 9 heteroatoms. The smallest absolute Gasteiger partial charge is 0.322 e. The first kappa shape index (κ1) is 22.6. The Hall–Kier alpha value is -4.11. The number of anilines is 4. The third-order valence-electron chi connectivity index (χ3n) is 4.06. The normalized spacial score (nSPS) is 11.0. The Bertz CT molecular complexity index is 1220. The Balaban J connectivity index is 1.55. The molecule has 0 saturated carbocycles. The predicted octanol–water partition coefficient (Wildman–Crippen LogP) is 4.35. The molecular weight excluding hydrogens is 428 g/mol. The maximum absolute atomic E-state index is 12.2. The molecule has 164 valence electrons. The van der Waals surface area contributed by atoms with Gasteiger partial charge in [-0.15, -0.1) is 0 Å². The van der Waals surface area contributed by atoms with Gasteiger partial charge in [0.15, 0.2) is 0 Å². The molecule has 0 unspecified atom stereocenters. The topological polar surface area (TPSA) is 116 Å². The first-order valence-corrected chi connectivity index (χ1v) is 11.5. The van der Waals surface area contributed by atoms with Crippen molar-refractivity contribution in [2.24, 2.45) is 0 Å². The summed E-state index contributed by atoms with van der Waals surface area (Å²) in [6.45, 7) is 0. The van der Waals surface area contributed by atoms with Gasteiger partial charge in [0.2, 0.25) is 15.9 Å². The van der Waals surface area contributed by atoms with Gasteiger partial charge in [0.05, 0.1) is 6.26 Å². The van der Waals surface area contributed by atoms with Crippen LogP contribution < -0.4 is 20.7 Å². The summed E-state index contributed by atoms with van der Waals surface area (Å²) in [6, 6.07) is 22.0. The van der Waals surface area contributed by atoms with Crippen LogP contribution in [0.5, 0.6) is 0 Å². The minimum absolute atomic E-state index is 0.353. The van der Waals surface area contributed by atoms with Crippen molar-refractivity contribution in [1.29, 1.82) is 0 Å². The van der Waals surface area contributed by atoms with E-state index >= 15 is 0 Å². The van der Waals surface area contributed by atoms with Crippen LogP contribution in [0.2, 0.25) is 0 Å². The molecule has 0 heterocycles. The zero-order chi connectivity index (χ0) is 23.0. The monoisotopic (exact) mass is 450 g/mol. The summed E-state index contributed by atoms with van der Waals surface area (Å²) in [7, 11) is -3.34. The van der Waals surface area contributed by atoms with E-state index in [9.17, 15) is 18.0 Å². The highest BCUT2D eigenvalue weighted by molar-refractivity contribution is 7.92. The molecule has 0 fully saturated rings. The molecule has 0 aliphatic heterocycles. The summed E-state index contributed by atoms with van der Waals surface area (Å²) >= 11 is 0. The second-order valence-electron chi connectivity index (χ2n) is 6.84. The van der Waals surface area contributed by atoms with Crippen LogP contribution in [0.15, 0.2) is 84.9 Å². The first-order valence-electron chi connectivity index (χ1n) is 9.57. The number of hydrogen-bond acceptors (Lipinski definition) is 4. The van der Waals surface area contributed by atoms with Crippen LogP contribution in [-0.2, 0) is 14.8 Å². The average molecular weight is 451 g/mol. The molecule has 4 N–H and O–H groups in total. The highest BCUT2D eigenvalue weighted by Crippen LogP contribution is 2.16. The van der Waals surface area contributed by atoms with Crippen molar-refractivity contribution in [3.05, 3.63) is 90.5 Å². The molecule has 0 spiro atoms. The minimum atomic E-state index is -3.34. The van der Waals surface area contributed by atoms with E-state index in [1.54, 1.807) is 66.7 Å². The van der Waals surface area contributed by atoms with Crippen molar-refractivity contribution < 1.29 is 18.0 Å². The number of para-hydroxylation sites is 1. The van der Waals surface area contributed by atoms with E-state index in [1.165, 1.54) is 6.08 Å². The molecule has 0 aliphatic rings. The molecule has 3 aromatic carbocycles. The fraction of sp³-hybridized carbons (Fsp3) is 0.0435. The van der Waals surface area contributed by atoms with Gasteiger partial charge < -0.3 is 16.0 Å². The van der Waals surface area contributed by atoms with Gasteiger partial charge in [-0.2, -0.15) is 0 Å². The molecule has 0 aromatic heterocycles. The Morgan fingerprint density at radius 3 is 1.97 bits per heavy atom. The number of sulfonamides is 1. The van der Waals surface area contributed by atoms with Gasteiger partial charge in [-0.3, -0.25) is 9.52 Å². The third kappa shape index (κ3) is 7.62. The second kappa shape index (κ2) is 10.3. The fourth-order valence-electron chi connectivity index (χ4n) is 2.72. The van der Waals surface area contributed by atoms with Crippen LogP contribution in [0.3, 0.4) is 0 Å². The predicted molar refractivity (Wildman–Crippen MR) is 128 cm³/mol. The largest absolute Gasteiger partial charge is 0.323 e. The zero-order valence-corrected chi connectivity index (χ0v) is 18.0. The Morgan fingerprint density at radius 1 is 0.719 bits per heavy atom. The van der Waals surface area contributed by atoms with Crippen LogP contribution in [0.25, 0.3) is 6.08 Å². The SMILES string of the molecule is CS(=O)(=O)Nc1ccc(/C=C/C(=O)Nc2cccc(NC(=O)Nc3ccccc3)c2)cc1. The number of hydrogen-bond donors (Lipinski definition) is 4. The van der Waals surface area contributed by atoms with Crippen molar-refractivity contribution >= 4 is 50.8 Å². The lowest BCUT2D eigenvalue weighted by atomic mass is 10.2. The molecule has 0 bridgehead atoms. The highest BCUT2D eigenvalue weighted by Gasteiger charge is 2.05. The van der Waals surface area contributed by atoms with Gasteiger partial charge in [-0.1, -0.05) is 36.4 Å². The molecule has 3 rings (SSSR count). The van der Waals surface area contributed by atoms with E-state index in [2.05, 4.69) is 20.7 Å². The van der Waals surface area contributed by atoms with Crippen molar-refractivity contribution in [2.75, 3.05) is 26.9 Å². The number of amides is 3. The van der Waals surface area contributed by atoms with E-state index in [0.29, 0.717) is 22.7 Å². The molecule has 0 saturated heterocycles. The van der Waals surface area contributed by atoms with E-state index in [0.717, 1.165) is 11.8 Å². The van der Waals surface area contributed by atoms with Crippen LogP contribution in [0.1, 0.15) is 5.56 Å². The second-order valence-corrected chi connectivity index (χ2v) is 8.59. The molecule has 32 heavy (non-hydrogen) atoms. The summed E-state index contributed by atoms with van der Waals surface area (Å²) in [5.74, 6) is -0.353. The lowest BCUT2D eigenvalue weighted by Crippen LogP contribution is -2.19. The van der Waals surface area contributed by atoms with E-state index in [-0.39, 0.29) is 5.91 Å². The zero-order valence-electron chi connectivity index (χ0n) is 17.2. The third-order valence-corrected chi connectivity index (χ3v) is 4.67. The maximum Gasteiger partial charge on any atom is 0.323 e. The standard InChI is InChI=1S/C23H22N4O4S/c1-32(30,31)27-19-13-10-17(11-14-19)12-15-22(28)24-20-8-5-9-21(16-20)26-23(29)25-18-6-3-2-4-7-18/h2-16,27H,1H3,(H,24,28)(H2,25,26,29)/b15-12+. The number of benzene rings is 3. The molecular formula is C23H22N4O4S. The number of carbonyl (C=O) groups is 2. The van der Waals surface area contributed by atoms with Crippen LogP contribution >= 0.6 is 0 Å². The van der Waals surface area contributed by atoms with E-state index in [4.69, 9.17) is 0 Å². The summed E-state index contributed by atoms with van der Waals surface area (Å²) in [6.07, 6.45) is 4.04. The van der Waals surface area contributed by atoms with Crippen LogP contribution in [0.4, 0.5) is 27.5 Å². The first-order chi connectivity index (χ1) is 15.3. The molecule has 3 amide bonds. The van der Waals surface area contributed by atoms with Gasteiger partial charge in [-0.05, 0) is 54.1 Å². The average Bonchev–Trinajstić information content (AvgIpc) is 2.73. The Morgan fingerprint density at radius 2 is 1.31 bits per heavy atom. The van der Waals surface area contributed by atoms with E-state index in [1.807, 2.05) is 18.2 Å². The Labute approximate surface area is 186 Å². The van der Waals surface area contributed by atoms with Crippen molar-refractivity contribution in [1.82, 2.24) is 0 Å². The van der Waals surface area contributed by atoms with Gasteiger partial charge >= 0.3 is 6.03 Å². The fourth-order valence-corrected chi connectivity index (χ4v) is 3.29. The van der Waals surface area contributed by atoms with Gasteiger partial charge in [0, 0.05) is 28.8 Å². The number of carbonyl (C=O) groups excluding carboxylic acids is 2. The Kier molecular flexibility index (Phi) is 7.25. The number of urea groups is 1. The highest BCUT2D eigenvalue weighted by atomic mass is 32.2. The molecule has 0 aliphatic carbocycles. The van der Waals surface area contributed by atoms with Gasteiger partial charge in [0.1, 0.15) is 0 Å². The molecule has 3 aromatic rings. The van der Waals surface area contributed by atoms with E-state index < -0.39 is 16.1 Å².